The number of carbonyl (C=O) groups excluding carboxylic acids is 5. The largest absolute Gasteiger partial charge is 0.492 e. The number of nitrogens with zero attached hydrogens (tertiary/aromatic N) is 8. The highest BCUT2D eigenvalue weighted by molar-refractivity contribution is 6.07. The molecule has 73 heavy (non-hydrogen) atoms. The first kappa shape index (κ1) is 51.9. The number of fused-ring (bicyclic) bond motifs is 2. The van der Waals surface area contributed by atoms with Crippen molar-refractivity contribution in [1.82, 2.24) is 39.8 Å². The number of nitrogens with two attached hydrogens (primary N) is 1. The summed E-state index contributed by atoms with van der Waals surface area (Å²) in [4.78, 5) is 73.6. The summed E-state index contributed by atoms with van der Waals surface area (Å²) in [5.74, 6) is 1.09. The minimum Gasteiger partial charge on any atom is -0.492 e. The predicted octanol–water partition coefficient (Wildman–Crippen LogP) is 6.90. The third-order valence-corrected chi connectivity index (χ3v) is 11.2. The van der Waals surface area contributed by atoms with Crippen molar-refractivity contribution in [3.63, 3.8) is 0 Å². The second-order valence-corrected chi connectivity index (χ2v) is 17.5. The molecular formula is C54H57N11O8. The number of rotatable bonds is 16. The topological polar surface area (TPSA) is 230 Å². The molecule has 8 rings (SSSR count). The van der Waals surface area contributed by atoms with Gasteiger partial charge in [-0.3, -0.25) is 33.8 Å². The molecule has 0 spiro atoms. The number of carbonyl (C=O) groups is 5. The van der Waals surface area contributed by atoms with Crippen LogP contribution in [0.25, 0.3) is 33.3 Å². The average Bonchev–Trinajstić information content (AvgIpc) is 4.04. The second-order valence-electron chi connectivity index (χ2n) is 17.5. The second kappa shape index (κ2) is 23.3. The Balaban J connectivity index is 0.000000218. The molecule has 0 saturated heterocycles. The Hall–Kier alpha value is -8.97. The molecule has 4 amide bonds. The summed E-state index contributed by atoms with van der Waals surface area (Å²) in [7, 11) is 6.51. The van der Waals surface area contributed by atoms with Crippen LogP contribution in [-0.4, -0.2) is 112 Å². The van der Waals surface area contributed by atoms with Crippen LogP contribution in [0.2, 0.25) is 0 Å². The van der Waals surface area contributed by atoms with Crippen molar-refractivity contribution >= 4 is 52.3 Å². The Morgan fingerprint density at radius 3 is 1.41 bits per heavy atom. The standard InChI is InChI=1S/C30H33N5O5.C24H24N6O3/c1-30(2,3)40-27(36)7-6-16-39-23-12-13-26(32-18-23)34(5)29(38)22-14-15-35-25(17-22)24(19-33-35)20-8-10-21(11-9-20)28(37)31-4;1-26-23(31)17-5-3-16(4-6-17)20-15-28-30-11-9-18(13-21(20)30)24(32)29(2)22-8-7-19(14-27-22)33-12-10-25/h8-15,17-19H,6-7,16H2,1-5H3,(H,31,37);3-9,11,13-15H,10,12,25H2,1-2H3,(H,26,31). The Kier molecular flexibility index (Phi) is 16.6. The van der Waals surface area contributed by atoms with Crippen LogP contribution in [0.4, 0.5) is 11.6 Å². The first-order chi connectivity index (χ1) is 35.1. The molecule has 0 aliphatic heterocycles. The molecule has 0 atom stereocenters. The first-order valence-electron chi connectivity index (χ1n) is 23.3. The highest BCUT2D eigenvalue weighted by Crippen LogP contribution is 2.29. The third kappa shape index (κ3) is 12.9. The molecule has 0 radical (unpaired) electrons. The molecule has 376 valence electrons. The van der Waals surface area contributed by atoms with Crippen molar-refractivity contribution in [2.24, 2.45) is 5.73 Å². The van der Waals surface area contributed by atoms with Crippen LogP contribution in [-0.2, 0) is 9.53 Å². The maximum Gasteiger partial charge on any atom is 0.306 e. The molecule has 6 aromatic heterocycles. The molecule has 0 unspecified atom stereocenters. The molecule has 0 bridgehead atoms. The van der Waals surface area contributed by atoms with E-state index in [1.54, 1.807) is 147 Å². The molecule has 4 N–H and O–H groups in total. The lowest BCUT2D eigenvalue weighted by Crippen LogP contribution is -2.27. The normalized spacial score (nSPS) is 11.0. The summed E-state index contributed by atoms with van der Waals surface area (Å²) in [5, 5.41) is 14.0. The summed E-state index contributed by atoms with van der Waals surface area (Å²) in [5.41, 5.74) is 12.0. The maximum absolute atomic E-state index is 13.3. The zero-order chi connectivity index (χ0) is 52.2. The van der Waals surface area contributed by atoms with Crippen LogP contribution in [0.3, 0.4) is 0 Å². The molecule has 0 aliphatic carbocycles. The van der Waals surface area contributed by atoms with Crippen molar-refractivity contribution in [3.05, 3.63) is 156 Å². The molecule has 0 saturated carbocycles. The number of nitrogens with one attached hydrogen (secondary N) is 2. The summed E-state index contributed by atoms with van der Waals surface area (Å²) in [6, 6.07) is 28.4. The predicted molar refractivity (Wildman–Crippen MR) is 277 cm³/mol. The number of hydrogen-bond acceptors (Lipinski definition) is 13. The van der Waals surface area contributed by atoms with Gasteiger partial charge in [0.25, 0.3) is 23.6 Å². The van der Waals surface area contributed by atoms with E-state index in [1.165, 1.54) is 9.80 Å². The van der Waals surface area contributed by atoms with Gasteiger partial charge in [0.1, 0.15) is 35.3 Å². The minimum atomic E-state index is -0.505. The van der Waals surface area contributed by atoms with Gasteiger partial charge < -0.3 is 30.6 Å². The van der Waals surface area contributed by atoms with Gasteiger partial charge >= 0.3 is 5.97 Å². The van der Waals surface area contributed by atoms with E-state index in [0.717, 1.165) is 33.3 Å². The number of ether oxygens (including phenoxy) is 3. The quantitative estimate of drug-likeness (QED) is 0.0662. The number of hydrogen-bond donors (Lipinski definition) is 3. The van der Waals surface area contributed by atoms with Crippen molar-refractivity contribution in [2.45, 2.75) is 39.2 Å². The van der Waals surface area contributed by atoms with Gasteiger partial charge in [-0.05, 0) is 111 Å². The minimum absolute atomic E-state index is 0.148. The summed E-state index contributed by atoms with van der Waals surface area (Å²) < 4.78 is 19.8. The van der Waals surface area contributed by atoms with Gasteiger partial charge in [0.2, 0.25) is 0 Å². The first-order valence-corrected chi connectivity index (χ1v) is 23.3. The fourth-order valence-electron chi connectivity index (χ4n) is 7.45. The monoisotopic (exact) mass is 987 g/mol. The van der Waals surface area contributed by atoms with Crippen molar-refractivity contribution in [2.75, 3.05) is 57.7 Å². The zero-order valence-electron chi connectivity index (χ0n) is 41.7. The number of anilines is 2. The van der Waals surface area contributed by atoms with E-state index in [0.29, 0.717) is 71.6 Å². The summed E-state index contributed by atoms with van der Waals surface area (Å²) >= 11 is 0. The molecule has 19 heteroatoms. The van der Waals surface area contributed by atoms with Crippen LogP contribution >= 0.6 is 0 Å². The molecule has 0 aliphatic rings. The molecule has 19 nitrogen and oxygen atoms in total. The van der Waals surface area contributed by atoms with Crippen LogP contribution < -0.4 is 35.6 Å². The van der Waals surface area contributed by atoms with Crippen molar-refractivity contribution in [1.29, 1.82) is 0 Å². The highest BCUT2D eigenvalue weighted by atomic mass is 16.6. The van der Waals surface area contributed by atoms with Crippen LogP contribution in [0.1, 0.15) is 75.0 Å². The van der Waals surface area contributed by atoms with E-state index in [9.17, 15) is 24.0 Å². The Morgan fingerprint density at radius 2 is 1.03 bits per heavy atom. The van der Waals surface area contributed by atoms with Gasteiger partial charge in [0.05, 0.1) is 42.4 Å². The van der Waals surface area contributed by atoms with E-state index < -0.39 is 5.60 Å². The van der Waals surface area contributed by atoms with E-state index in [1.807, 2.05) is 45.0 Å². The number of pyridine rings is 4. The number of aromatic nitrogens is 6. The van der Waals surface area contributed by atoms with Gasteiger partial charge in [-0.1, -0.05) is 24.3 Å². The van der Waals surface area contributed by atoms with E-state index in [-0.39, 0.29) is 36.0 Å². The van der Waals surface area contributed by atoms with E-state index in [2.05, 4.69) is 30.8 Å². The molecule has 6 heterocycles. The third-order valence-electron chi connectivity index (χ3n) is 11.2. The maximum atomic E-state index is 13.3. The number of esters is 1. The fourth-order valence-corrected chi connectivity index (χ4v) is 7.45. The number of amides is 4. The van der Waals surface area contributed by atoms with Crippen molar-refractivity contribution < 1.29 is 38.2 Å². The van der Waals surface area contributed by atoms with Crippen LogP contribution in [0.5, 0.6) is 11.5 Å². The van der Waals surface area contributed by atoms with E-state index in [4.69, 9.17) is 19.9 Å². The number of benzene rings is 2. The smallest absolute Gasteiger partial charge is 0.306 e. The Bertz CT molecular complexity index is 3220. The van der Waals surface area contributed by atoms with E-state index >= 15 is 0 Å². The van der Waals surface area contributed by atoms with Gasteiger partial charge in [0.15, 0.2) is 0 Å². The Labute approximate surface area is 421 Å². The van der Waals surface area contributed by atoms with Gasteiger partial charge in [-0.2, -0.15) is 10.2 Å². The van der Waals surface area contributed by atoms with Gasteiger partial charge in [0, 0.05) is 86.9 Å². The lowest BCUT2D eigenvalue weighted by atomic mass is 10.0. The lowest BCUT2D eigenvalue weighted by Gasteiger charge is -2.19. The SMILES string of the molecule is CNC(=O)c1ccc(-c2cnn3ccc(C(=O)N(C)c4ccc(OCCCC(=O)OC(C)(C)C)cn4)cc23)cc1.CNC(=O)c1ccc(-c2cnn3ccc(C(=O)N(C)c4ccc(OCCN)cn4)cc23)cc1. The van der Waals surface area contributed by atoms with Crippen LogP contribution in [0, 0.1) is 0 Å². The van der Waals surface area contributed by atoms with Crippen molar-refractivity contribution in [3.8, 4) is 33.8 Å². The average molecular weight is 988 g/mol. The zero-order valence-corrected chi connectivity index (χ0v) is 41.7. The molecular weight excluding hydrogens is 931 g/mol. The van der Waals surface area contributed by atoms with Crippen LogP contribution in [0.15, 0.2) is 134 Å². The lowest BCUT2D eigenvalue weighted by molar-refractivity contribution is -0.155. The summed E-state index contributed by atoms with van der Waals surface area (Å²) in [6.07, 6.45) is 10.9. The molecule has 8 aromatic rings. The fraction of sp³-hybridized carbons (Fsp3) is 0.241. The highest BCUT2D eigenvalue weighted by Gasteiger charge is 2.20. The van der Waals surface area contributed by atoms with Gasteiger partial charge in [-0.25, -0.2) is 19.0 Å². The summed E-state index contributed by atoms with van der Waals surface area (Å²) in [6.45, 7) is 6.66. The molecule has 2 aromatic carbocycles. The Morgan fingerprint density at radius 1 is 0.589 bits per heavy atom. The molecule has 0 fully saturated rings. The van der Waals surface area contributed by atoms with Gasteiger partial charge in [-0.15, -0.1) is 0 Å².